The minimum atomic E-state index is -3.27. The van der Waals surface area contributed by atoms with Crippen LogP contribution in [0.15, 0.2) is 58.3 Å². The van der Waals surface area contributed by atoms with Gasteiger partial charge in [0, 0.05) is 30.6 Å². The van der Waals surface area contributed by atoms with Crippen LogP contribution in [-0.4, -0.2) is 49.9 Å². The molecule has 34 heavy (non-hydrogen) atoms. The molecular formula is C24H28N4O4S2. The Bertz CT molecular complexity index is 1210. The lowest BCUT2D eigenvalue weighted by Gasteiger charge is -2.33. The van der Waals surface area contributed by atoms with E-state index in [1.807, 2.05) is 29.6 Å². The Hall–Kier alpha value is -2.98. The van der Waals surface area contributed by atoms with E-state index >= 15 is 0 Å². The van der Waals surface area contributed by atoms with Crippen LogP contribution < -0.4 is 10.2 Å². The maximum absolute atomic E-state index is 12.2. The van der Waals surface area contributed by atoms with Gasteiger partial charge in [-0.1, -0.05) is 25.1 Å². The Morgan fingerprint density at radius 3 is 2.74 bits per heavy atom. The third-order valence-electron chi connectivity index (χ3n) is 5.91. The third-order valence-corrected chi connectivity index (χ3v) is 8.28. The number of pyridine rings is 1. The molecule has 3 heterocycles. The smallest absolute Gasteiger partial charge is 0.407 e. The molecule has 4 rings (SSSR count). The molecule has 1 fully saturated rings. The fourth-order valence-corrected chi connectivity index (χ4v) is 5.34. The molecule has 1 amide bonds. The normalized spacial score (nSPS) is 14.7. The Morgan fingerprint density at radius 2 is 2.00 bits per heavy atom. The van der Waals surface area contributed by atoms with Crippen LogP contribution in [-0.2, 0) is 21.2 Å². The second-order valence-corrected chi connectivity index (χ2v) is 11.2. The Balaban J connectivity index is 1.31. The first kappa shape index (κ1) is 24.2. The van der Waals surface area contributed by atoms with Gasteiger partial charge < -0.3 is 15.0 Å². The van der Waals surface area contributed by atoms with Gasteiger partial charge >= 0.3 is 6.09 Å². The van der Waals surface area contributed by atoms with Crippen LogP contribution in [0, 0.1) is 5.92 Å². The first-order valence-electron chi connectivity index (χ1n) is 11.3. The molecule has 10 heteroatoms. The highest BCUT2D eigenvalue weighted by atomic mass is 32.2. The number of anilines is 1. The molecule has 0 unspecified atom stereocenters. The van der Waals surface area contributed by atoms with Crippen LogP contribution in [0.3, 0.4) is 0 Å². The largest absolute Gasteiger partial charge is 0.443 e. The number of piperidine rings is 1. The number of hydrogen-bond donors (Lipinski definition) is 1. The molecule has 180 valence electrons. The van der Waals surface area contributed by atoms with E-state index in [1.54, 1.807) is 30.6 Å². The zero-order valence-corrected chi connectivity index (χ0v) is 20.6. The van der Waals surface area contributed by atoms with Gasteiger partial charge in [-0.25, -0.2) is 23.2 Å². The molecule has 0 spiro atoms. The summed E-state index contributed by atoms with van der Waals surface area (Å²) < 4.78 is 29.7. The van der Waals surface area contributed by atoms with Crippen molar-refractivity contribution in [1.29, 1.82) is 0 Å². The van der Waals surface area contributed by atoms with Crippen molar-refractivity contribution in [2.45, 2.75) is 31.3 Å². The van der Waals surface area contributed by atoms with Crippen LogP contribution in [0.5, 0.6) is 0 Å². The van der Waals surface area contributed by atoms with Crippen molar-refractivity contribution in [2.24, 2.45) is 5.92 Å². The number of carbonyl (C=O) groups excluding carboxylic acids is 1. The molecule has 1 aliphatic heterocycles. The van der Waals surface area contributed by atoms with Gasteiger partial charge in [0.05, 0.1) is 27.5 Å². The first-order valence-corrected chi connectivity index (χ1v) is 13.9. The summed E-state index contributed by atoms with van der Waals surface area (Å²) in [7, 11) is -3.27. The summed E-state index contributed by atoms with van der Waals surface area (Å²) in [6, 6.07) is 12.8. The summed E-state index contributed by atoms with van der Waals surface area (Å²) in [5.74, 6) is 1.31. The van der Waals surface area contributed by atoms with Crippen LogP contribution in [0.25, 0.3) is 11.3 Å². The highest BCUT2D eigenvalue weighted by Crippen LogP contribution is 2.26. The number of thiazole rings is 1. The minimum Gasteiger partial charge on any atom is -0.443 e. The highest BCUT2D eigenvalue weighted by Gasteiger charge is 2.21. The van der Waals surface area contributed by atoms with Crippen molar-refractivity contribution in [2.75, 3.05) is 30.3 Å². The van der Waals surface area contributed by atoms with E-state index in [0.29, 0.717) is 17.4 Å². The number of nitrogens with one attached hydrogen (secondary N) is 1. The van der Waals surface area contributed by atoms with Crippen molar-refractivity contribution >= 4 is 33.1 Å². The molecule has 1 aliphatic rings. The van der Waals surface area contributed by atoms with Crippen molar-refractivity contribution in [3.63, 3.8) is 0 Å². The zero-order chi connectivity index (χ0) is 24.0. The number of ether oxygens (including phenoxy) is 1. The van der Waals surface area contributed by atoms with Gasteiger partial charge in [0.15, 0.2) is 9.84 Å². The van der Waals surface area contributed by atoms with Gasteiger partial charge in [0.2, 0.25) is 0 Å². The second-order valence-electron chi connectivity index (χ2n) is 8.18. The summed E-state index contributed by atoms with van der Waals surface area (Å²) >= 11 is 1.47. The summed E-state index contributed by atoms with van der Waals surface area (Å²) in [5, 5.41) is 4.71. The molecule has 3 aromatic rings. The number of benzene rings is 1. The Labute approximate surface area is 203 Å². The standard InChI is InChI=1S/C24H28N4O4S2/c1-2-34(30,31)21-6-3-5-19(13-21)22-7-4-8-23(27-22)28-11-9-18(10-12-28)14-25-24(29)32-15-20-16-33-17-26-20/h3-8,13,16-18H,2,9-12,14-15H2,1H3,(H,25,29). The molecule has 1 saturated heterocycles. The van der Waals surface area contributed by atoms with Crippen LogP contribution in [0.2, 0.25) is 0 Å². The van der Waals surface area contributed by atoms with Crippen molar-refractivity contribution in [3.8, 4) is 11.3 Å². The number of aromatic nitrogens is 2. The predicted octanol–water partition coefficient (Wildman–Crippen LogP) is 4.14. The average Bonchev–Trinajstić information content (AvgIpc) is 3.40. The number of nitrogens with zero attached hydrogens (tertiary/aromatic N) is 3. The maximum Gasteiger partial charge on any atom is 0.407 e. The first-order chi connectivity index (χ1) is 16.4. The van der Waals surface area contributed by atoms with E-state index in [4.69, 9.17) is 9.72 Å². The minimum absolute atomic E-state index is 0.0667. The number of sulfone groups is 1. The van der Waals surface area contributed by atoms with E-state index in [0.717, 1.165) is 48.7 Å². The van der Waals surface area contributed by atoms with Crippen molar-refractivity contribution in [3.05, 3.63) is 59.0 Å². The molecular weight excluding hydrogens is 472 g/mol. The predicted molar refractivity (Wildman–Crippen MR) is 133 cm³/mol. The molecule has 0 bridgehead atoms. The van der Waals surface area contributed by atoms with Crippen molar-refractivity contribution < 1.29 is 17.9 Å². The van der Waals surface area contributed by atoms with E-state index in [1.165, 1.54) is 11.3 Å². The monoisotopic (exact) mass is 500 g/mol. The molecule has 8 nitrogen and oxygen atoms in total. The van der Waals surface area contributed by atoms with Gasteiger partial charge in [0.1, 0.15) is 12.4 Å². The molecule has 0 saturated carbocycles. The number of carbonyl (C=O) groups is 1. The van der Waals surface area contributed by atoms with Crippen molar-refractivity contribution in [1.82, 2.24) is 15.3 Å². The van der Waals surface area contributed by atoms with Gasteiger partial charge in [-0.05, 0) is 43.0 Å². The topological polar surface area (TPSA) is 101 Å². The lowest BCUT2D eigenvalue weighted by Crippen LogP contribution is -2.39. The molecule has 0 radical (unpaired) electrons. The summed E-state index contributed by atoms with van der Waals surface area (Å²) in [4.78, 5) is 23.4. The Kier molecular flexibility index (Phi) is 7.79. The third kappa shape index (κ3) is 6.12. The summed E-state index contributed by atoms with van der Waals surface area (Å²) in [6.45, 7) is 4.08. The lowest BCUT2D eigenvalue weighted by atomic mass is 9.97. The fourth-order valence-electron chi connectivity index (χ4n) is 3.87. The quantitative estimate of drug-likeness (QED) is 0.496. The van der Waals surface area contributed by atoms with Gasteiger partial charge in [-0.2, -0.15) is 0 Å². The van der Waals surface area contributed by atoms with E-state index in [2.05, 4.69) is 15.2 Å². The van der Waals surface area contributed by atoms with Crippen LogP contribution in [0.4, 0.5) is 10.6 Å². The highest BCUT2D eigenvalue weighted by molar-refractivity contribution is 7.91. The fraction of sp³-hybridized carbons (Fsp3) is 0.375. The molecule has 0 aliphatic carbocycles. The number of alkyl carbamates (subject to hydrolysis) is 1. The van der Waals surface area contributed by atoms with Crippen LogP contribution in [0.1, 0.15) is 25.5 Å². The van der Waals surface area contributed by atoms with Gasteiger partial charge in [-0.3, -0.25) is 0 Å². The SMILES string of the molecule is CCS(=O)(=O)c1cccc(-c2cccc(N3CCC(CNC(=O)OCc4cscn4)CC3)n2)c1. The number of amides is 1. The number of hydrogen-bond acceptors (Lipinski definition) is 8. The molecule has 1 aromatic carbocycles. The molecule has 0 atom stereocenters. The maximum atomic E-state index is 12.2. The summed E-state index contributed by atoms with van der Waals surface area (Å²) in [6.07, 6.45) is 1.45. The molecule has 2 aromatic heterocycles. The van der Waals surface area contributed by atoms with Crippen LogP contribution >= 0.6 is 11.3 Å². The zero-order valence-electron chi connectivity index (χ0n) is 19.0. The number of rotatable bonds is 8. The lowest BCUT2D eigenvalue weighted by molar-refractivity contribution is 0.136. The second kappa shape index (κ2) is 11.0. The summed E-state index contributed by atoms with van der Waals surface area (Å²) in [5.41, 5.74) is 3.99. The Morgan fingerprint density at radius 1 is 1.21 bits per heavy atom. The van der Waals surface area contributed by atoms with E-state index in [9.17, 15) is 13.2 Å². The van der Waals surface area contributed by atoms with E-state index in [-0.39, 0.29) is 12.4 Å². The van der Waals surface area contributed by atoms with Gasteiger partial charge in [-0.15, -0.1) is 11.3 Å². The van der Waals surface area contributed by atoms with Gasteiger partial charge in [0.25, 0.3) is 0 Å². The van der Waals surface area contributed by atoms with E-state index < -0.39 is 15.9 Å². The molecule has 1 N–H and O–H groups in total. The average molecular weight is 501 g/mol.